The number of benzene rings is 1. The second kappa shape index (κ2) is 10.6. The predicted molar refractivity (Wildman–Crippen MR) is 106 cm³/mol. The smallest absolute Gasteiger partial charge is 0.191 e. The average molecular weight is 381 g/mol. The number of rotatable bonds is 9. The second-order valence-electron chi connectivity index (χ2n) is 7.49. The molecule has 0 bridgehead atoms. The largest absolute Gasteiger partial charge is 0.396 e. The Bertz CT molecular complexity index is 616. The summed E-state index contributed by atoms with van der Waals surface area (Å²) in [6, 6.07) is 5.16. The first-order valence-corrected chi connectivity index (χ1v) is 9.61. The first-order chi connectivity index (χ1) is 13.0. The summed E-state index contributed by atoms with van der Waals surface area (Å²) in [7, 11) is 3.85. The number of hydrogen-bond donors (Lipinski definition) is 3. The minimum Gasteiger partial charge on any atom is -0.396 e. The maximum Gasteiger partial charge on any atom is 0.191 e. The minimum absolute atomic E-state index is 0.0420. The van der Waals surface area contributed by atoms with E-state index < -0.39 is 0 Å². The van der Waals surface area contributed by atoms with Crippen LogP contribution in [0.3, 0.4) is 0 Å². The van der Waals surface area contributed by atoms with Crippen LogP contribution in [0.25, 0.3) is 0 Å². The number of aliphatic imine (C=N–C) groups is 1. The maximum atomic E-state index is 13.9. The lowest BCUT2D eigenvalue weighted by atomic mass is 9.84. The Morgan fingerprint density at radius 1 is 1.37 bits per heavy atom. The van der Waals surface area contributed by atoms with Crippen molar-refractivity contribution in [3.8, 4) is 0 Å². The number of halogens is 1. The highest BCUT2D eigenvalue weighted by atomic mass is 19.1. The van der Waals surface area contributed by atoms with Crippen LogP contribution in [-0.4, -0.2) is 63.0 Å². The number of hydrogen-bond acceptors (Lipinski definition) is 4. The van der Waals surface area contributed by atoms with Crippen molar-refractivity contribution < 1.29 is 14.2 Å². The van der Waals surface area contributed by atoms with Crippen LogP contribution in [0, 0.1) is 11.2 Å². The van der Waals surface area contributed by atoms with Crippen molar-refractivity contribution >= 4 is 5.96 Å². The lowest BCUT2D eigenvalue weighted by molar-refractivity contribution is 0.127. The van der Waals surface area contributed by atoms with Gasteiger partial charge in [0.2, 0.25) is 0 Å². The number of nitrogens with zero attached hydrogens (tertiary/aromatic N) is 2. The molecule has 1 aromatic carbocycles. The molecule has 1 unspecified atom stereocenters. The van der Waals surface area contributed by atoms with E-state index in [0.717, 1.165) is 31.1 Å². The molecule has 1 atom stereocenters. The minimum atomic E-state index is -0.186. The summed E-state index contributed by atoms with van der Waals surface area (Å²) in [5.41, 5.74) is 1.61. The van der Waals surface area contributed by atoms with Crippen LogP contribution in [0.2, 0.25) is 0 Å². The van der Waals surface area contributed by atoms with E-state index in [1.165, 1.54) is 6.07 Å². The van der Waals surface area contributed by atoms with E-state index in [1.54, 1.807) is 6.07 Å². The van der Waals surface area contributed by atoms with Gasteiger partial charge in [0.1, 0.15) is 5.82 Å². The van der Waals surface area contributed by atoms with Crippen LogP contribution in [0.5, 0.6) is 0 Å². The van der Waals surface area contributed by atoms with Gasteiger partial charge in [-0.15, -0.1) is 0 Å². The molecule has 2 rings (SSSR count). The van der Waals surface area contributed by atoms with Crippen LogP contribution in [0.15, 0.2) is 23.2 Å². The fraction of sp³-hybridized carbons (Fsp3) is 0.650. The van der Waals surface area contributed by atoms with Crippen molar-refractivity contribution in [3.63, 3.8) is 0 Å². The Morgan fingerprint density at radius 3 is 2.81 bits per heavy atom. The van der Waals surface area contributed by atoms with Gasteiger partial charge in [-0.2, -0.15) is 0 Å². The van der Waals surface area contributed by atoms with Gasteiger partial charge in [-0.1, -0.05) is 6.07 Å². The van der Waals surface area contributed by atoms with Crippen molar-refractivity contribution in [1.29, 1.82) is 0 Å². The summed E-state index contributed by atoms with van der Waals surface area (Å²) in [6.07, 6.45) is 1.65. The van der Waals surface area contributed by atoms with E-state index >= 15 is 0 Å². The van der Waals surface area contributed by atoms with Gasteiger partial charge in [0, 0.05) is 43.8 Å². The van der Waals surface area contributed by atoms with E-state index in [2.05, 4.69) is 15.6 Å². The van der Waals surface area contributed by atoms with Crippen LogP contribution in [0.4, 0.5) is 4.39 Å². The molecular weight excluding hydrogens is 347 g/mol. The first-order valence-electron chi connectivity index (χ1n) is 9.61. The van der Waals surface area contributed by atoms with E-state index in [0.29, 0.717) is 38.2 Å². The third-order valence-corrected chi connectivity index (χ3v) is 4.82. The third kappa shape index (κ3) is 6.75. The van der Waals surface area contributed by atoms with Crippen molar-refractivity contribution in [3.05, 3.63) is 35.1 Å². The molecule has 1 aromatic rings. The van der Waals surface area contributed by atoms with Crippen molar-refractivity contribution in [1.82, 2.24) is 15.5 Å². The van der Waals surface area contributed by atoms with Crippen molar-refractivity contribution in [2.75, 3.05) is 47.0 Å². The van der Waals surface area contributed by atoms with Gasteiger partial charge in [0.05, 0.1) is 13.2 Å². The molecule has 1 aliphatic heterocycles. The summed E-state index contributed by atoms with van der Waals surface area (Å²) in [4.78, 5) is 6.59. The van der Waals surface area contributed by atoms with Gasteiger partial charge in [0.25, 0.3) is 0 Å². The van der Waals surface area contributed by atoms with Crippen LogP contribution in [-0.2, 0) is 17.8 Å². The summed E-state index contributed by atoms with van der Waals surface area (Å²) in [5.74, 6) is 0.536. The molecule has 0 saturated carbocycles. The van der Waals surface area contributed by atoms with Gasteiger partial charge in [-0.25, -0.2) is 9.38 Å². The highest BCUT2D eigenvalue weighted by molar-refractivity contribution is 5.79. The van der Waals surface area contributed by atoms with Crippen LogP contribution >= 0.6 is 0 Å². The van der Waals surface area contributed by atoms with Crippen molar-refractivity contribution in [2.45, 2.75) is 32.9 Å². The number of ether oxygens (including phenoxy) is 1. The molecule has 0 spiro atoms. The molecule has 0 aliphatic carbocycles. The molecule has 7 heteroatoms. The molecule has 1 heterocycles. The molecular formula is C20H33FN4O2. The highest BCUT2D eigenvalue weighted by Gasteiger charge is 2.34. The van der Waals surface area contributed by atoms with Gasteiger partial charge >= 0.3 is 0 Å². The Labute approximate surface area is 161 Å². The Morgan fingerprint density at radius 2 is 2.19 bits per heavy atom. The Balaban J connectivity index is 2.02. The van der Waals surface area contributed by atoms with Crippen molar-refractivity contribution in [2.24, 2.45) is 10.4 Å². The average Bonchev–Trinajstić information content (AvgIpc) is 3.08. The molecule has 0 radical (unpaired) electrons. The summed E-state index contributed by atoms with van der Waals surface area (Å²) in [6.45, 7) is 6.06. The molecule has 1 saturated heterocycles. The van der Waals surface area contributed by atoms with Crippen LogP contribution in [0.1, 0.15) is 30.9 Å². The quantitative estimate of drug-likeness (QED) is 0.450. The molecule has 1 fully saturated rings. The normalized spacial score (nSPS) is 20.3. The Kier molecular flexibility index (Phi) is 8.47. The molecule has 0 amide bonds. The van der Waals surface area contributed by atoms with Gasteiger partial charge in [-0.05, 0) is 51.6 Å². The molecule has 152 valence electrons. The van der Waals surface area contributed by atoms with E-state index in [4.69, 9.17) is 4.74 Å². The zero-order chi connectivity index (χ0) is 19.7. The fourth-order valence-corrected chi connectivity index (χ4v) is 3.28. The van der Waals surface area contributed by atoms with Gasteiger partial charge in [0.15, 0.2) is 5.96 Å². The second-order valence-corrected chi connectivity index (χ2v) is 7.49. The summed E-state index contributed by atoms with van der Waals surface area (Å²) >= 11 is 0. The lowest BCUT2D eigenvalue weighted by Gasteiger charge is -2.27. The molecule has 6 nitrogen and oxygen atoms in total. The summed E-state index contributed by atoms with van der Waals surface area (Å²) < 4.78 is 19.5. The number of nitrogens with one attached hydrogen (secondary N) is 2. The standard InChI is InChI=1S/C20H33FN4O2/c1-4-22-19(24-14-20(7-9-26)8-10-27-15-20)23-12-16-5-6-18(21)17(11-16)13-25(2)3/h5-6,11,26H,4,7-10,12-15H2,1-3H3,(H2,22,23,24). The number of guanidine groups is 1. The first kappa shape index (κ1) is 21.6. The molecule has 3 N–H and O–H groups in total. The zero-order valence-corrected chi connectivity index (χ0v) is 16.7. The van der Waals surface area contributed by atoms with E-state index in [1.807, 2.05) is 32.0 Å². The third-order valence-electron chi connectivity index (χ3n) is 4.82. The molecule has 27 heavy (non-hydrogen) atoms. The fourth-order valence-electron chi connectivity index (χ4n) is 3.28. The maximum absolute atomic E-state index is 13.9. The molecule has 1 aliphatic rings. The lowest BCUT2D eigenvalue weighted by Crippen LogP contribution is -2.44. The Hall–Kier alpha value is -1.70. The van der Waals surface area contributed by atoms with Gasteiger partial charge in [-0.3, -0.25) is 0 Å². The monoisotopic (exact) mass is 380 g/mol. The summed E-state index contributed by atoms with van der Waals surface area (Å²) in [5, 5.41) is 16.0. The molecule has 0 aromatic heterocycles. The number of aliphatic hydroxyl groups excluding tert-OH is 1. The van der Waals surface area contributed by atoms with E-state index in [-0.39, 0.29) is 17.8 Å². The van der Waals surface area contributed by atoms with E-state index in [9.17, 15) is 9.50 Å². The topological polar surface area (TPSA) is 69.1 Å². The van der Waals surface area contributed by atoms with Crippen LogP contribution < -0.4 is 10.6 Å². The highest BCUT2D eigenvalue weighted by Crippen LogP contribution is 2.31. The SMILES string of the molecule is CCNC(=NCc1ccc(F)c(CN(C)C)c1)NCC1(CCO)CCOC1. The number of aliphatic hydroxyl groups is 1. The van der Waals surface area contributed by atoms with Gasteiger partial charge < -0.3 is 25.4 Å². The predicted octanol–water partition coefficient (Wildman–Crippen LogP) is 1.73. The zero-order valence-electron chi connectivity index (χ0n) is 16.7.